The Morgan fingerprint density at radius 3 is 2.77 bits per heavy atom. The minimum Gasteiger partial charge on any atom is -0.352 e. The molecule has 0 saturated heterocycles. The van der Waals surface area contributed by atoms with Gasteiger partial charge in [-0.3, -0.25) is 14.3 Å². The first-order valence-electron chi connectivity index (χ1n) is 7.33. The highest BCUT2D eigenvalue weighted by Crippen LogP contribution is 2.18. The lowest BCUT2D eigenvalue weighted by molar-refractivity contribution is -0.122. The van der Waals surface area contributed by atoms with Gasteiger partial charge in [0.1, 0.15) is 6.54 Å². The molecular formula is C14H24ClN5O2. The Labute approximate surface area is 136 Å². The normalized spacial score (nSPS) is 16.3. The molecule has 1 unspecified atom stereocenters. The van der Waals surface area contributed by atoms with Crippen LogP contribution in [-0.2, 0) is 16.1 Å². The van der Waals surface area contributed by atoms with Gasteiger partial charge in [-0.05, 0) is 26.2 Å². The first kappa shape index (κ1) is 18.4. The number of rotatable bonds is 7. The quantitative estimate of drug-likeness (QED) is 0.695. The van der Waals surface area contributed by atoms with Gasteiger partial charge < -0.3 is 16.4 Å². The minimum atomic E-state index is -0.903. The smallest absolute Gasteiger partial charge is 0.244 e. The van der Waals surface area contributed by atoms with Gasteiger partial charge in [-0.1, -0.05) is 13.3 Å². The van der Waals surface area contributed by atoms with Crippen molar-refractivity contribution in [3.05, 3.63) is 12.4 Å². The van der Waals surface area contributed by atoms with Gasteiger partial charge in [0.25, 0.3) is 0 Å². The Hall–Kier alpha value is -1.60. The number of hydrogen-bond acceptors (Lipinski definition) is 4. The second kappa shape index (κ2) is 7.60. The number of nitrogens with one attached hydrogen (secondary N) is 2. The molecule has 0 bridgehead atoms. The topological polar surface area (TPSA) is 102 Å². The van der Waals surface area contributed by atoms with Crippen molar-refractivity contribution in [2.24, 2.45) is 5.73 Å². The molecule has 0 aliphatic heterocycles. The Morgan fingerprint density at radius 1 is 1.50 bits per heavy atom. The lowest BCUT2D eigenvalue weighted by Gasteiger charge is -2.22. The molecule has 1 aromatic heterocycles. The van der Waals surface area contributed by atoms with E-state index in [-0.39, 0.29) is 30.8 Å². The minimum absolute atomic E-state index is 0. The number of carbonyl (C=O) groups excluding carboxylic acids is 2. The third-order valence-electron chi connectivity index (χ3n) is 3.43. The molecule has 2 rings (SSSR count). The average Bonchev–Trinajstić information content (AvgIpc) is 3.09. The number of nitrogens with zero attached hydrogens (tertiary/aromatic N) is 2. The summed E-state index contributed by atoms with van der Waals surface area (Å²) in [5.41, 5.74) is 5.61. The first-order valence-corrected chi connectivity index (χ1v) is 7.33. The van der Waals surface area contributed by atoms with Crippen LogP contribution in [0.2, 0.25) is 0 Å². The Bertz CT molecular complexity index is 525. The fourth-order valence-electron chi connectivity index (χ4n) is 2.07. The van der Waals surface area contributed by atoms with Crippen LogP contribution in [0.3, 0.4) is 0 Å². The molecular weight excluding hydrogens is 306 g/mol. The van der Waals surface area contributed by atoms with E-state index in [1.807, 2.05) is 6.92 Å². The van der Waals surface area contributed by atoms with Crippen LogP contribution in [0.15, 0.2) is 12.4 Å². The van der Waals surface area contributed by atoms with Gasteiger partial charge in [-0.15, -0.1) is 12.4 Å². The Kier molecular flexibility index (Phi) is 6.37. The maximum atomic E-state index is 12.1. The molecule has 1 aliphatic carbocycles. The molecule has 1 saturated carbocycles. The average molecular weight is 330 g/mol. The molecule has 0 radical (unpaired) electrons. The maximum Gasteiger partial charge on any atom is 0.244 e. The van der Waals surface area contributed by atoms with E-state index < -0.39 is 5.54 Å². The van der Waals surface area contributed by atoms with Gasteiger partial charge >= 0.3 is 0 Å². The van der Waals surface area contributed by atoms with Crippen LogP contribution in [0.4, 0.5) is 5.69 Å². The summed E-state index contributed by atoms with van der Waals surface area (Å²) in [5.74, 6) is -0.306. The van der Waals surface area contributed by atoms with Crippen molar-refractivity contribution in [2.45, 2.75) is 57.7 Å². The third-order valence-corrected chi connectivity index (χ3v) is 3.43. The predicted octanol–water partition coefficient (Wildman–Crippen LogP) is 1.04. The van der Waals surface area contributed by atoms with E-state index in [0.29, 0.717) is 18.2 Å². The van der Waals surface area contributed by atoms with E-state index in [0.717, 1.165) is 19.3 Å². The number of amides is 2. The lowest BCUT2D eigenvalue weighted by atomic mass is 9.96. The van der Waals surface area contributed by atoms with Gasteiger partial charge in [0.05, 0.1) is 17.4 Å². The molecule has 0 aromatic carbocycles. The SMILES string of the molecule is CCCC(C)(N)C(=O)Nc1cnn(CC(=O)NC2CC2)c1.Cl. The second-order valence-electron chi connectivity index (χ2n) is 5.89. The summed E-state index contributed by atoms with van der Waals surface area (Å²) in [4.78, 5) is 23.7. The monoisotopic (exact) mass is 329 g/mol. The van der Waals surface area contributed by atoms with Crippen LogP contribution in [0.5, 0.6) is 0 Å². The molecule has 1 heterocycles. The van der Waals surface area contributed by atoms with Crippen molar-refractivity contribution in [2.75, 3.05) is 5.32 Å². The van der Waals surface area contributed by atoms with E-state index in [2.05, 4.69) is 15.7 Å². The summed E-state index contributed by atoms with van der Waals surface area (Å²) in [5, 5.41) is 9.69. The van der Waals surface area contributed by atoms with Crippen molar-refractivity contribution in [1.29, 1.82) is 0 Å². The van der Waals surface area contributed by atoms with E-state index >= 15 is 0 Å². The maximum absolute atomic E-state index is 12.1. The first-order chi connectivity index (χ1) is 9.90. The highest BCUT2D eigenvalue weighted by Gasteiger charge is 2.27. The number of anilines is 1. The van der Waals surface area contributed by atoms with Gasteiger partial charge in [0, 0.05) is 12.2 Å². The molecule has 2 amide bonds. The summed E-state index contributed by atoms with van der Waals surface area (Å²) in [6.07, 6.45) is 6.70. The second-order valence-corrected chi connectivity index (χ2v) is 5.89. The Morgan fingerprint density at radius 2 is 2.18 bits per heavy atom. The zero-order valence-electron chi connectivity index (χ0n) is 13.0. The standard InChI is InChI=1S/C14H23N5O2.ClH/c1-3-6-14(2,15)13(21)18-11-7-16-19(8-11)9-12(20)17-10-4-5-10;/h7-8,10H,3-6,9,15H2,1-2H3,(H,17,20)(H,18,21);1H. The molecule has 22 heavy (non-hydrogen) atoms. The molecule has 0 spiro atoms. The molecule has 1 aromatic rings. The number of halogens is 1. The molecule has 1 aliphatic rings. The summed E-state index contributed by atoms with van der Waals surface area (Å²) in [6, 6.07) is 0.333. The number of carbonyl (C=O) groups is 2. The van der Waals surface area contributed by atoms with Gasteiger partial charge in [0.2, 0.25) is 11.8 Å². The van der Waals surface area contributed by atoms with E-state index in [1.54, 1.807) is 13.1 Å². The van der Waals surface area contributed by atoms with Gasteiger partial charge in [0.15, 0.2) is 0 Å². The Balaban J connectivity index is 0.00000242. The highest BCUT2D eigenvalue weighted by molar-refractivity contribution is 5.97. The number of aromatic nitrogens is 2. The van der Waals surface area contributed by atoms with Gasteiger partial charge in [-0.2, -0.15) is 5.10 Å². The molecule has 7 nitrogen and oxygen atoms in total. The van der Waals surface area contributed by atoms with Crippen LogP contribution in [-0.4, -0.2) is 33.2 Å². The largest absolute Gasteiger partial charge is 0.352 e. The molecule has 124 valence electrons. The van der Waals surface area contributed by atoms with Crippen LogP contribution >= 0.6 is 12.4 Å². The zero-order valence-corrected chi connectivity index (χ0v) is 13.8. The third kappa shape index (κ3) is 5.31. The van der Waals surface area contributed by atoms with Crippen molar-refractivity contribution < 1.29 is 9.59 Å². The fraction of sp³-hybridized carbons (Fsp3) is 0.643. The van der Waals surface area contributed by atoms with E-state index in [1.165, 1.54) is 10.9 Å². The number of hydrogen-bond donors (Lipinski definition) is 3. The predicted molar refractivity (Wildman–Crippen MR) is 86.8 cm³/mol. The van der Waals surface area contributed by atoms with Crippen molar-refractivity contribution in [3.63, 3.8) is 0 Å². The summed E-state index contributed by atoms with van der Waals surface area (Å²) < 4.78 is 1.50. The zero-order chi connectivity index (χ0) is 15.5. The van der Waals surface area contributed by atoms with Crippen LogP contribution < -0.4 is 16.4 Å². The van der Waals surface area contributed by atoms with Crippen LogP contribution in [0, 0.1) is 0 Å². The highest BCUT2D eigenvalue weighted by atomic mass is 35.5. The summed E-state index contributed by atoms with van der Waals surface area (Å²) in [7, 11) is 0. The molecule has 1 fully saturated rings. The molecule has 8 heteroatoms. The van der Waals surface area contributed by atoms with Crippen LogP contribution in [0.25, 0.3) is 0 Å². The summed E-state index contributed by atoms with van der Waals surface area (Å²) >= 11 is 0. The summed E-state index contributed by atoms with van der Waals surface area (Å²) in [6.45, 7) is 3.84. The fourth-order valence-corrected chi connectivity index (χ4v) is 2.07. The van der Waals surface area contributed by atoms with Crippen molar-refractivity contribution in [1.82, 2.24) is 15.1 Å². The van der Waals surface area contributed by atoms with Crippen LogP contribution in [0.1, 0.15) is 39.5 Å². The lowest BCUT2D eigenvalue weighted by Crippen LogP contribution is -2.48. The van der Waals surface area contributed by atoms with Gasteiger partial charge in [-0.25, -0.2) is 0 Å². The number of nitrogens with two attached hydrogens (primary N) is 1. The van der Waals surface area contributed by atoms with Crippen molar-refractivity contribution in [3.8, 4) is 0 Å². The molecule has 4 N–H and O–H groups in total. The molecule has 1 atom stereocenters. The van der Waals surface area contributed by atoms with E-state index in [4.69, 9.17) is 5.73 Å². The van der Waals surface area contributed by atoms with E-state index in [9.17, 15) is 9.59 Å². The van der Waals surface area contributed by atoms with Crippen molar-refractivity contribution >= 4 is 29.9 Å².